The minimum atomic E-state index is 0.943. The maximum absolute atomic E-state index is 4.82. The number of nitrogens with zero attached hydrogens (tertiary/aromatic N) is 4. The zero-order valence-corrected chi connectivity index (χ0v) is 24.5. The van der Waals surface area contributed by atoms with E-state index in [1.165, 1.54) is 77.6 Å². The third-order valence-electron chi connectivity index (χ3n) is 8.71. The number of benzene rings is 5. The van der Waals surface area contributed by atoms with Crippen molar-refractivity contribution in [3.8, 4) is 22.3 Å². The molecule has 0 N–H and O–H groups in total. The summed E-state index contributed by atoms with van der Waals surface area (Å²) in [6.45, 7) is 10.7. The third-order valence-corrected chi connectivity index (χ3v) is 9.24. The molecule has 0 saturated carbocycles. The van der Waals surface area contributed by atoms with Crippen LogP contribution in [-0.2, 0) is 13.1 Å². The molecule has 8 rings (SSSR count). The highest BCUT2D eigenvalue weighted by Crippen LogP contribution is 2.39. The molecule has 0 aliphatic rings. The van der Waals surface area contributed by atoms with E-state index in [0.29, 0.717) is 0 Å². The maximum Gasteiger partial charge on any atom is 0.113 e. The number of aryl methyl sites for hydroxylation is 4. The minimum Gasteiger partial charge on any atom is -0.341 e. The van der Waals surface area contributed by atoms with Crippen LogP contribution in [0.25, 0.3) is 76.9 Å². The summed E-state index contributed by atoms with van der Waals surface area (Å²) in [5.41, 5.74) is 14.2. The van der Waals surface area contributed by atoms with Gasteiger partial charge in [-0.15, -0.1) is 0 Å². The first kappa shape index (κ1) is 24.3. The van der Waals surface area contributed by atoms with E-state index in [2.05, 4.69) is 122 Å². The fourth-order valence-corrected chi connectivity index (χ4v) is 7.36. The first-order chi connectivity index (χ1) is 20.1. The highest BCUT2D eigenvalue weighted by Gasteiger charge is 2.17. The summed E-state index contributed by atoms with van der Waals surface area (Å²) in [6.07, 6.45) is 0. The van der Waals surface area contributed by atoms with Gasteiger partial charge in [-0.05, 0) is 87.4 Å². The van der Waals surface area contributed by atoms with Crippen LogP contribution in [0.2, 0.25) is 0 Å². The number of fused-ring (bicyclic) bond motifs is 7. The lowest BCUT2D eigenvalue weighted by Gasteiger charge is -2.09. The molecule has 0 unspecified atom stereocenters. The van der Waals surface area contributed by atoms with Gasteiger partial charge in [-0.2, -0.15) is 8.75 Å². The Hall–Kier alpha value is -4.48. The minimum absolute atomic E-state index is 0.943. The highest BCUT2D eigenvalue weighted by molar-refractivity contribution is 7.00. The van der Waals surface area contributed by atoms with Gasteiger partial charge in [0.2, 0.25) is 0 Å². The van der Waals surface area contributed by atoms with Crippen molar-refractivity contribution in [1.82, 2.24) is 17.9 Å². The Morgan fingerprint density at radius 2 is 0.902 bits per heavy atom. The van der Waals surface area contributed by atoms with E-state index in [1.807, 2.05) is 0 Å². The second kappa shape index (κ2) is 9.02. The average Bonchev–Trinajstić information content (AvgIpc) is 3.68. The molecule has 3 aromatic heterocycles. The molecule has 0 fully saturated rings. The molecular weight excluding hydrogens is 520 g/mol. The summed E-state index contributed by atoms with van der Waals surface area (Å²) in [7, 11) is 0. The largest absolute Gasteiger partial charge is 0.341 e. The molecule has 200 valence electrons. The second-order valence-electron chi connectivity index (χ2n) is 11.1. The zero-order chi connectivity index (χ0) is 27.8. The lowest BCUT2D eigenvalue weighted by molar-refractivity contribution is 0.827. The van der Waals surface area contributed by atoms with Crippen molar-refractivity contribution in [2.45, 2.75) is 40.8 Å². The van der Waals surface area contributed by atoms with Crippen molar-refractivity contribution in [3.05, 3.63) is 96.1 Å². The number of rotatable bonds is 4. The van der Waals surface area contributed by atoms with E-state index in [-0.39, 0.29) is 0 Å². The van der Waals surface area contributed by atoms with Gasteiger partial charge in [0.15, 0.2) is 0 Å². The third kappa shape index (κ3) is 3.52. The van der Waals surface area contributed by atoms with Crippen molar-refractivity contribution >= 4 is 66.4 Å². The van der Waals surface area contributed by atoms with E-state index in [1.54, 1.807) is 0 Å². The molecule has 41 heavy (non-hydrogen) atoms. The summed E-state index contributed by atoms with van der Waals surface area (Å²) < 4.78 is 14.5. The van der Waals surface area contributed by atoms with Gasteiger partial charge in [-0.1, -0.05) is 47.5 Å². The molecule has 0 bridgehead atoms. The van der Waals surface area contributed by atoms with Crippen LogP contribution in [-0.4, -0.2) is 17.9 Å². The molecule has 0 radical (unpaired) electrons. The summed E-state index contributed by atoms with van der Waals surface area (Å²) in [5, 5.41) is 5.19. The van der Waals surface area contributed by atoms with Gasteiger partial charge in [0.1, 0.15) is 11.0 Å². The molecule has 0 spiro atoms. The predicted molar refractivity (Wildman–Crippen MR) is 175 cm³/mol. The van der Waals surface area contributed by atoms with Gasteiger partial charge in [-0.25, -0.2) is 0 Å². The SMILES string of the molecule is CCn1c2ccc(C)cc2c2cc(-c3ccc(-c4ccc5c(c4)c4cc(C)ccc4n5CC)c4nsnc34)ccc21. The monoisotopic (exact) mass is 550 g/mol. The summed E-state index contributed by atoms with van der Waals surface area (Å²) >= 11 is 1.29. The molecule has 0 amide bonds. The lowest BCUT2D eigenvalue weighted by atomic mass is 9.96. The first-order valence-corrected chi connectivity index (χ1v) is 15.1. The van der Waals surface area contributed by atoms with Crippen molar-refractivity contribution in [2.24, 2.45) is 0 Å². The van der Waals surface area contributed by atoms with Crippen LogP contribution in [0.1, 0.15) is 25.0 Å². The van der Waals surface area contributed by atoms with E-state index in [0.717, 1.165) is 35.2 Å². The Kier molecular flexibility index (Phi) is 5.35. The standard InChI is InChI=1S/C36H30N4S/c1-5-39-31-13-7-21(3)17-27(31)29-19-23(9-15-33(29)39)25-11-12-26(36-35(25)37-41-38-36)24-10-16-34-30(20-24)28-18-22(4)8-14-32(28)40(34)6-2/h7-20H,5-6H2,1-4H3. The smallest absolute Gasteiger partial charge is 0.113 e. The number of aromatic nitrogens is 4. The first-order valence-electron chi connectivity index (χ1n) is 14.4. The Labute approximate surface area is 242 Å². The fourth-order valence-electron chi connectivity index (χ4n) is 6.78. The zero-order valence-electron chi connectivity index (χ0n) is 23.7. The van der Waals surface area contributed by atoms with Crippen molar-refractivity contribution in [3.63, 3.8) is 0 Å². The predicted octanol–water partition coefficient (Wildman–Crippen LogP) is 9.90. The molecule has 0 saturated heterocycles. The van der Waals surface area contributed by atoms with Gasteiger partial charge in [0, 0.05) is 67.8 Å². The maximum atomic E-state index is 4.82. The average molecular weight is 551 g/mol. The summed E-state index contributed by atoms with van der Waals surface area (Å²) in [5.74, 6) is 0. The quantitative estimate of drug-likeness (QED) is 0.219. The Morgan fingerprint density at radius 1 is 0.512 bits per heavy atom. The van der Waals surface area contributed by atoms with Gasteiger partial charge in [0.05, 0.1) is 11.7 Å². The molecule has 0 atom stereocenters. The van der Waals surface area contributed by atoms with Crippen LogP contribution in [0.3, 0.4) is 0 Å². The van der Waals surface area contributed by atoms with Crippen LogP contribution in [0.15, 0.2) is 84.9 Å². The van der Waals surface area contributed by atoms with Crippen LogP contribution in [0.5, 0.6) is 0 Å². The Balaban J connectivity index is 1.31. The topological polar surface area (TPSA) is 35.6 Å². The van der Waals surface area contributed by atoms with Crippen LogP contribution in [0.4, 0.5) is 0 Å². The molecule has 0 aliphatic heterocycles. The highest BCUT2D eigenvalue weighted by atomic mass is 32.1. The second-order valence-corrected chi connectivity index (χ2v) is 11.6. The number of hydrogen-bond acceptors (Lipinski definition) is 3. The molecule has 8 aromatic rings. The van der Waals surface area contributed by atoms with Crippen LogP contribution < -0.4 is 0 Å². The van der Waals surface area contributed by atoms with Crippen LogP contribution in [0, 0.1) is 13.8 Å². The Morgan fingerprint density at radius 3 is 1.32 bits per heavy atom. The summed E-state index contributed by atoms with van der Waals surface area (Å²) in [4.78, 5) is 0. The van der Waals surface area contributed by atoms with E-state index >= 15 is 0 Å². The van der Waals surface area contributed by atoms with Crippen molar-refractivity contribution in [2.75, 3.05) is 0 Å². The molecule has 5 aromatic carbocycles. The Bertz CT molecular complexity index is 2150. The lowest BCUT2D eigenvalue weighted by Crippen LogP contribution is -1.93. The van der Waals surface area contributed by atoms with Gasteiger partial charge in [-0.3, -0.25) is 0 Å². The fraction of sp³-hybridized carbons (Fsp3) is 0.167. The molecule has 3 heterocycles. The van der Waals surface area contributed by atoms with Gasteiger partial charge < -0.3 is 9.13 Å². The van der Waals surface area contributed by atoms with E-state index in [4.69, 9.17) is 8.75 Å². The summed E-state index contributed by atoms with van der Waals surface area (Å²) in [6, 6.07) is 31.7. The van der Waals surface area contributed by atoms with Crippen LogP contribution >= 0.6 is 11.7 Å². The van der Waals surface area contributed by atoms with E-state index in [9.17, 15) is 0 Å². The normalized spacial score (nSPS) is 12.1. The number of hydrogen-bond donors (Lipinski definition) is 0. The van der Waals surface area contributed by atoms with Crippen molar-refractivity contribution in [1.29, 1.82) is 0 Å². The molecular formula is C36H30N4S. The molecule has 0 aliphatic carbocycles. The van der Waals surface area contributed by atoms with Gasteiger partial charge in [0.25, 0.3) is 0 Å². The van der Waals surface area contributed by atoms with E-state index < -0.39 is 0 Å². The van der Waals surface area contributed by atoms with Crippen molar-refractivity contribution < 1.29 is 0 Å². The molecule has 5 heteroatoms. The molecule has 4 nitrogen and oxygen atoms in total. The van der Waals surface area contributed by atoms with Gasteiger partial charge >= 0.3 is 0 Å².